The van der Waals surface area contributed by atoms with Gasteiger partial charge in [0.2, 0.25) is 0 Å². The molecule has 0 spiro atoms. The van der Waals surface area contributed by atoms with Gasteiger partial charge in [0.1, 0.15) is 18.0 Å². The van der Waals surface area contributed by atoms with Crippen LogP contribution in [0.2, 0.25) is 5.02 Å². The van der Waals surface area contributed by atoms with Crippen LogP contribution in [0.4, 0.5) is 4.79 Å². The van der Waals surface area contributed by atoms with Crippen molar-refractivity contribution in [2.45, 2.75) is 59.1 Å². The van der Waals surface area contributed by atoms with Crippen LogP contribution < -0.4 is 10.1 Å². The molecule has 1 atom stereocenters. The number of nitrogens with one attached hydrogen (secondary N) is 1. The maximum Gasteiger partial charge on any atom is 0.408 e. The Labute approximate surface area is 194 Å². The maximum absolute atomic E-state index is 12.4. The van der Waals surface area contributed by atoms with Gasteiger partial charge in [-0.2, -0.15) is 5.10 Å². The molecule has 7 nitrogen and oxygen atoms in total. The van der Waals surface area contributed by atoms with Gasteiger partial charge < -0.3 is 14.8 Å². The first-order chi connectivity index (χ1) is 15.0. The average Bonchev–Trinajstić information content (AvgIpc) is 3.13. The van der Waals surface area contributed by atoms with Gasteiger partial charge in [0, 0.05) is 17.8 Å². The second-order valence-corrected chi connectivity index (χ2v) is 10.1. The van der Waals surface area contributed by atoms with Crippen molar-refractivity contribution in [1.29, 1.82) is 0 Å². The van der Waals surface area contributed by atoms with E-state index in [-0.39, 0.29) is 6.61 Å². The summed E-state index contributed by atoms with van der Waals surface area (Å²) in [4.78, 5) is 16.7. The summed E-state index contributed by atoms with van der Waals surface area (Å²) in [5.41, 5.74) is 1.34. The topological polar surface area (TPSA) is 77.8 Å². The molecule has 0 aliphatic carbocycles. The molecule has 0 radical (unpaired) electrons. The van der Waals surface area contributed by atoms with Crippen molar-refractivity contribution in [3.63, 3.8) is 0 Å². The number of halogens is 1. The van der Waals surface area contributed by atoms with Gasteiger partial charge in [0.05, 0.1) is 22.5 Å². The number of carbonyl (C=O) groups excluding carboxylic acids is 1. The minimum atomic E-state index is -0.620. The molecule has 1 amide bonds. The summed E-state index contributed by atoms with van der Waals surface area (Å²) in [6.07, 6.45) is 3.70. The lowest BCUT2D eigenvalue weighted by molar-refractivity contribution is 0.0408. The summed E-state index contributed by atoms with van der Waals surface area (Å²) in [5, 5.41) is 7.78. The van der Waals surface area contributed by atoms with Crippen LogP contribution in [0.5, 0.6) is 5.75 Å². The third-order valence-electron chi connectivity index (χ3n) is 4.73. The van der Waals surface area contributed by atoms with Gasteiger partial charge in [0.25, 0.3) is 0 Å². The average molecular weight is 459 g/mol. The van der Waals surface area contributed by atoms with E-state index in [0.717, 1.165) is 23.3 Å². The molecule has 32 heavy (non-hydrogen) atoms. The van der Waals surface area contributed by atoms with Crippen molar-refractivity contribution in [1.82, 2.24) is 19.9 Å². The van der Waals surface area contributed by atoms with Crippen molar-refractivity contribution in [2.24, 2.45) is 5.92 Å². The van der Waals surface area contributed by atoms with Crippen LogP contribution in [-0.2, 0) is 4.74 Å². The Hall–Kier alpha value is -2.80. The van der Waals surface area contributed by atoms with Gasteiger partial charge in [0.15, 0.2) is 5.65 Å². The molecule has 1 unspecified atom stereocenters. The van der Waals surface area contributed by atoms with Gasteiger partial charge in [-0.15, -0.1) is 0 Å². The number of rotatable bonds is 7. The van der Waals surface area contributed by atoms with E-state index in [2.05, 4.69) is 29.2 Å². The molecule has 8 heteroatoms. The largest absolute Gasteiger partial charge is 0.490 e. The standard InChI is InChI=1S/C24H31ClN4O3/c1-16(2)14-24(6,28-22(30)32-23(3,4)5)15-31-20-8-7-17(13-18(20)25)19-9-11-26-21-10-12-27-29(19)21/h7-13,16H,14-15H2,1-6H3,(H,28,30). The summed E-state index contributed by atoms with van der Waals surface area (Å²) < 4.78 is 13.3. The van der Waals surface area contributed by atoms with E-state index in [1.165, 1.54) is 0 Å². The van der Waals surface area contributed by atoms with Crippen molar-refractivity contribution in [3.05, 3.63) is 47.7 Å². The predicted molar refractivity (Wildman–Crippen MR) is 126 cm³/mol. The second-order valence-electron chi connectivity index (χ2n) is 9.65. The second kappa shape index (κ2) is 9.36. The van der Waals surface area contributed by atoms with Gasteiger partial charge in [-0.05, 0) is 64.3 Å². The van der Waals surface area contributed by atoms with Gasteiger partial charge in [-0.3, -0.25) is 0 Å². The Balaban J connectivity index is 1.76. The monoisotopic (exact) mass is 458 g/mol. The Morgan fingerprint density at radius 1 is 1.16 bits per heavy atom. The van der Waals surface area contributed by atoms with Crippen molar-refractivity contribution < 1.29 is 14.3 Å². The number of amides is 1. The fourth-order valence-electron chi connectivity index (χ4n) is 3.66. The molecule has 1 aromatic carbocycles. The first kappa shape index (κ1) is 23.9. The molecule has 0 aliphatic heterocycles. The number of hydrogen-bond donors (Lipinski definition) is 1. The molecule has 0 saturated carbocycles. The fraction of sp³-hybridized carbons (Fsp3) is 0.458. The molecule has 0 aliphatic rings. The molecule has 3 aromatic rings. The molecular weight excluding hydrogens is 428 g/mol. The number of fused-ring (bicyclic) bond motifs is 1. The zero-order valence-corrected chi connectivity index (χ0v) is 20.2. The van der Waals surface area contributed by atoms with Gasteiger partial charge >= 0.3 is 6.09 Å². The third kappa shape index (κ3) is 6.13. The number of carbonyl (C=O) groups is 1. The number of aromatic nitrogens is 3. The van der Waals surface area contributed by atoms with E-state index < -0.39 is 17.2 Å². The van der Waals surface area contributed by atoms with Gasteiger partial charge in [-0.1, -0.05) is 25.4 Å². The first-order valence-corrected chi connectivity index (χ1v) is 11.1. The lowest BCUT2D eigenvalue weighted by Crippen LogP contribution is -2.52. The number of benzene rings is 1. The quantitative estimate of drug-likeness (QED) is 0.487. The van der Waals surface area contributed by atoms with E-state index >= 15 is 0 Å². The summed E-state index contributed by atoms with van der Waals surface area (Å²) in [5.74, 6) is 0.890. The molecule has 3 rings (SSSR count). The van der Waals surface area contributed by atoms with Crippen LogP contribution in [-0.4, -0.2) is 38.4 Å². The summed E-state index contributed by atoms with van der Waals surface area (Å²) in [7, 11) is 0. The van der Waals surface area contributed by atoms with Crippen LogP contribution in [0.3, 0.4) is 0 Å². The highest BCUT2D eigenvalue weighted by atomic mass is 35.5. The van der Waals surface area contributed by atoms with Crippen molar-refractivity contribution in [3.8, 4) is 17.0 Å². The number of ether oxygens (including phenoxy) is 2. The Bertz CT molecular complexity index is 1090. The number of hydrogen-bond acceptors (Lipinski definition) is 5. The molecule has 1 N–H and O–H groups in total. The van der Waals surface area contributed by atoms with E-state index in [4.69, 9.17) is 21.1 Å². The molecule has 0 bridgehead atoms. The van der Waals surface area contributed by atoms with Crippen LogP contribution in [0.15, 0.2) is 42.7 Å². The minimum Gasteiger partial charge on any atom is -0.490 e. The van der Waals surface area contributed by atoms with Crippen LogP contribution >= 0.6 is 11.6 Å². The van der Waals surface area contributed by atoms with Crippen molar-refractivity contribution in [2.75, 3.05) is 6.61 Å². The third-order valence-corrected chi connectivity index (χ3v) is 5.02. The van der Waals surface area contributed by atoms with Gasteiger partial charge in [-0.25, -0.2) is 14.3 Å². The van der Waals surface area contributed by atoms with Crippen LogP contribution in [0.25, 0.3) is 16.9 Å². The first-order valence-electron chi connectivity index (χ1n) is 10.7. The van der Waals surface area contributed by atoms with E-state index in [1.54, 1.807) is 16.9 Å². The zero-order valence-electron chi connectivity index (χ0n) is 19.5. The molecule has 0 fully saturated rings. The smallest absolute Gasteiger partial charge is 0.408 e. The minimum absolute atomic E-state index is 0.252. The molecule has 2 aromatic heterocycles. The normalized spacial score (nSPS) is 13.8. The molecule has 172 valence electrons. The highest BCUT2D eigenvalue weighted by Crippen LogP contribution is 2.31. The SMILES string of the molecule is CC(C)CC(C)(COc1ccc(-c2ccnc3ccnn23)cc1Cl)NC(=O)OC(C)(C)C. The highest BCUT2D eigenvalue weighted by molar-refractivity contribution is 6.32. The molecule has 0 saturated heterocycles. The zero-order chi connectivity index (χ0) is 23.5. The molecular formula is C24H31ClN4O3. The lowest BCUT2D eigenvalue weighted by atomic mass is 9.91. The summed E-state index contributed by atoms with van der Waals surface area (Å²) in [6, 6.07) is 9.33. The molecule has 2 heterocycles. The Morgan fingerprint density at radius 3 is 2.56 bits per heavy atom. The highest BCUT2D eigenvalue weighted by Gasteiger charge is 2.31. The van der Waals surface area contributed by atoms with Crippen LogP contribution in [0.1, 0.15) is 48.0 Å². The van der Waals surface area contributed by atoms with E-state index in [0.29, 0.717) is 16.7 Å². The van der Waals surface area contributed by atoms with Crippen LogP contribution in [0, 0.1) is 5.92 Å². The Morgan fingerprint density at radius 2 is 1.91 bits per heavy atom. The lowest BCUT2D eigenvalue weighted by Gasteiger charge is -2.33. The number of alkyl carbamates (subject to hydrolysis) is 1. The van der Waals surface area contributed by atoms with Crippen molar-refractivity contribution >= 4 is 23.3 Å². The summed E-state index contributed by atoms with van der Waals surface area (Å²) in [6.45, 7) is 11.9. The predicted octanol–water partition coefficient (Wildman–Crippen LogP) is 5.76. The Kier molecular flexibility index (Phi) is 6.98. The number of nitrogens with zero attached hydrogens (tertiary/aromatic N) is 3. The van der Waals surface area contributed by atoms with E-state index in [1.807, 2.05) is 58.0 Å². The fourth-order valence-corrected chi connectivity index (χ4v) is 3.90. The summed E-state index contributed by atoms with van der Waals surface area (Å²) >= 11 is 6.55. The maximum atomic E-state index is 12.4. The van der Waals surface area contributed by atoms with E-state index in [9.17, 15) is 4.79 Å².